The van der Waals surface area contributed by atoms with Gasteiger partial charge in [-0.3, -0.25) is 0 Å². The monoisotopic (exact) mass is 222 g/mol. The second-order valence-electron chi connectivity index (χ2n) is 6.30. The van der Waals surface area contributed by atoms with Gasteiger partial charge in [-0.15, -0.1) is 0 Å². The van der Waals surface area contributed by atoms with Crippen molar-refractivity contribution in [3.63, 3.8) is 0 Å². The Balaban J connectivity index is 1.45. The number of piperidine rings is 1. The van der Waals surface area contributed by atoms with Gasteiger partial charge in [0.05, 0.1) is 0 Å². The van der Waals surface area contributed by atoms with Crippen LogP contribution in [0.5, 0.6) is 0 Å². The Kier molecular flexibility index (Phi) is 3.49. The van der Waals surface area contributed by atoms with E-state index in [1.165, 1.54) is 71.2 Å². The molecule has 1 N–H and O–H groups in total. The van der Waals surface area contributed by atoms with E-state index in [9.17, 15) is 0 Å². The first-order valence-electron chi connectivity index (χ1n) is 7.33. The minimum atomic E-state index is 0.985. The molecule has 0 atom stereocenters. The van der Waals surface area contributed by atoms with Crippen molar-refractivity contribution in [3.8, 4) is 0 Å². The fourth-order valence-electron chi connectivity index (χ4n) is 2.98. The lowest BCUT2D eigenvalue weighted by Crippen LogP contribution is -2.38. The Hall–Kier alpha value is -0.0800. The largest absolute Gasteiger partial charge is 0.317 e. The summed E-state index contributed by atoms with van der Waals surface area (Å²) in [5.74, 6) is 3.12. The highest BCUT2D eigenvalue weighted by Gasteiger charge is 2.30. The third kappa shape index (κ3) is 3.46. The molecule has 3 fully saturated rings. The summed E-state index contributed by atoms with van der Waals surface area (Å²) in [6.45, 7) is 6.74. The quantitative estimate of drug-likeness (QED) is 0.740. The standard InChI is InChI=1S/C14H26N2/c1-2-12(1)9-16(10-13-3-4-13)11-14-5-7-15-8-6-14/h12-15H,1-11H2. The molecule has 0 radical (unpaired) electrons. The Morgan fingerprint density at radius 2 is 1.12 bits per heavy atom. The van der Waals surface area contributed by atoms with Crippen molar-refractivity contribution >= 4 is 0 Å². The summed E-state index contributed by atoms with van der Waals surface area (Å²) in [5, 5.41) is 3.48. The van der Waals surface area contributed by atoms with E-state index in [-0.39, 0.29) is 0 Å². The normalized spacial score (nSPS) is 27.6. The molecule has 0 amide bonds. The van der Waals surface area contributed by atoms with Crippen LogP contribution in [0.2, 0.25) is 0 Å². The first-order valence-corrected chi connectivity index (χ1v) is 7.33. The predicted octanol–water partition coefficient (Wildman–Crippen LogP) is 2.11. The van der Waals surface area contributed by atoms with Gasteiger partial charge < -0.3 is 10.2 Å². The molecule has 2 aliphatic carbocycles. The first-order chi connectivity index (χ1) is 7.90. The van der Waals surface area contributed by atoms with E-state index < -0.39 is 0 Å². The number of rotatable bonds is 6. The Bertz CT molecular complexity index is 201. The van der Waals surface area contributed by atoms with Crippen LogP contribution in [0, 0.1) is 17.8 Å². The molecule has 0 unspecified atom stereocenters. The summed E-state index contributed by atoms with van der Waals surface area (Å²) in [5.41, 5.74) is 0. The molecule has 0 aromatic carbocycles. The van der Waals surface area contributed by atoms with Crippen LogP contribution in [0.1, 0.15) is 38.5 Å². The molecule has 2 saturated carbocycles. The molecular weight excluding hydrogens is 196 g/mol. The summed E-state index contributed by atoms with van der Waals surface area (Å²) in [7, 11) is 0. The minimum Gasteiger partial charge on any atom is -0.317 e. The second kappa shape index (κ2) is 5.05. The van der Waals surface area contributed by atoms with Gasteiger partial charge in [0.25, 0.3) is 0 Å². The second-order valence-corrected chi connectivity index (χ2v) is 6.30. The molecule has 3 rings (SSSR count). The van der Waals surface area contributed by atoms with Crippen molar-refractivity contribution in [1.29, 1.82) is 0 Å². The lowest BCUT2D eigenvalue weighted by atomic mass is 9.97. The third-order valence-electron chi connectivity index (χ3n) is 4.40. The van der Waals surface area contributed by atoms with Crippen molar-refractivity contribution in [1.82, 2.24) is 10.2 Å². The lowest BCUT2D eigenvalue weighted by Gasteiger charge is -2.30. The number of hydrogen-bond acceptors (Lipinski definition) is 2. The van der Waals surface area contributed by atoms with E-state index in [1.807, 2.05) is 0 Å². The van der Waals surface area contributed by atoms with E-state index in [0.717, 1.165) is 17.8 Å². The van der Waals surface area contributed by atoms with Crippen molar-refractivity contribution in [2.45, 2.75) is 38.5 Å². The molecule has 2 heteroatoms. The summed E-state index contributed by atoms with van der Waals surface area (Å²) in [4.78, 5) is 2.81. The summed E-state index contributed by atoms with van der Waals surface area (Å²) in [6.07, 6.45) is 8.85. The highest BCUT2D eigenvalue weighted by molar-refractivity contribution is 4.84. The number of nitrogens with one attached hydrogen (secondary N) is 1. The fraction of sp³-hybridized carbons (Fsp3) is 1.00. The molecule has 16 heavy (non-hydrogen) atoms. The zero-order chi connectivity index (χ0) is 10.8. The third-order valence-corrected chi connectivity index (χ3v) is 4.40. The van der Waals surface area contributed by atoms with Gasteiger partial charge in [-0.05, 0) is 69.4 Å². The van der Waals surface area contributed by atoms with E-state index >= 15 is 0 Å². The smallest absolute Gasteiger partial charge is 0.00108 e. The van der Waals surface area contributed by atoms with Crippen LogP contribution >= 0.6 is 0 Å². The molecule has 3 aliphatic rings. The van der Waals surface area contributed by atoms with Gasteiger partial charge in [-0.25, -0.2) is 0 Å². The van der Waals surface area contributed by atoms with Gasteiger partial charge >= 0.3 is 0 Å². The van der Waals surface area contributed by atoms with Crippen molar-refractivity contribution in [2.24, 2.45) is 17.8 Å². The van der Waals surface area contributed by atoms with Gasteiger partial charge in [0, 0.05) is 19.6 Å². The molecule has 0 bridgehead atoms. The lowest BCUT2D eigenvalue weighted by molar-refractivity contribution is 0.192. The van der Waals surface area contributed by atoms with Crippen LogP contribution in [0.25, 0.3) is 0 Å². The van der Waals surface area contributed by atoms with Crippen LogP contribution in [0.3, 0.4) is 0 Å². The molecular formula is C14H26N2. The average Bonchev–Trinajstić information content (AvgIpc) is 3.15. The SMILES string of the molecule is C1CC(CN(CC2CC2)CC2CC2)CCN1. The summed E-state index contributed by atoms with van der Waals surface area (Å²) >= 11 is 0. The van der Waals surface area contributed by atoms with Gasteiger partial charge in [-0.1, -0.05) is 0 Å². The molecule has 1 aliphatic heterocycles. The molecule has 92 valence electrons. The Labute approximate surface area is 99.8 Å². The maximum absolute atomic E-state index is 3.48. The zero-order valence-corrected chi connectivity index (χ0v) is 10.5. The van der Waals surface area contributed by atoms with Crippen molar-refractivity contribution < 1.29 is 0 Å². The summed E-state index contributed by atoms with van der Waals surface area (Å²) < 4.78 is 0. The van der Waals surface area contributed by atoms with Gasteiger partial charge in [0.1, 0.15) is 0 Å². The van der Waals surface area contributed by atoms with Gasteiger partial charge in [0.15, 0.2) is 0 Å². The van der Waals surface area contributed by atoms with Crippen LogP contribution in [0.4, 0.5) is 0 Å². The van der Waals surface area contributed by atoms with Crippen molar-refractivity contribution in [2.75, 3.05) is 32.7 Å². The van der Waals surface area contributed by atoms with Crippen LogP contribution in [-0.4, -0.2) is 37.6 Å². The van der Waals surface area contributed by atoms with Gasteiger partial charge in [-0.2, -0.15) is 0 Å². The molecule has 1 heterocycles. The van der Waals surface area contributed by atoms with E-state index in [0.29, 0.717) is 0 Å². The average molecular weight is 222 g/mol. The number of nitrogens with zero attached hydrogens (tertiary/aromatic N) is 1. The molecule has 1 saturated heterocycles. The molecule has 0 aromatic heterocycles. The van der Waals surface area contributed by atoms with Crippen LogP contribution < -0.4 is 5.32 Å². The zero-order valence-electron chi connectivity index (χ0n) is 10.5. The fourth-order valence-corrected chi connectivity index (χ4v) is 2.98. The van der Waals surface area contributed by atoms with E-state index in [4.69, 9.17) is 0 Å². The van der Waals surface area contributed by atoms with E-state index in [1.54, 1.807) is 0 Å². The van der Waals surface area contributed by atoms with Crippen LogP contribution in [-0.2, 0) is 0 Å². The van der Waals surface area contributed by atoms with Crippen molar-refractivity contribution in [3.05, 3.63) is 0 Å². The Morgan fingerprint density at radius 3 is 1.56 bits per heavy atom. The molecule has 0 spiro atoms. The topological polar surface area (TPSA) is 15.3 Å². The van der Waals surface area contributed by atoms with Crippen LogP contribution in [0.15, 0.2) is 0 Å². The predicted molar refractivity (Wildman–Crippen MR) is 67.5 cm³/mol. The highest BCUT2D eigenvalue weighted by atomic mass is 15.1. The maximum atomic E-state index is 3.48. The maximum Gasteiger partial charge on any atom is 0.00108 e. The minimum absolute atomic E-state index is 0.985. The van der Waals surface area contributed by atoms with E-state index in [2.05, 4.69) is 10.2 Å². The highest BCUT2D eigenvalue weighted by Crippen LogP contribution is 2.34. The summed E-state index contributed by atoms with van der Waals surface area (Å²) in [6, 6.07) is 0. The molecule has 0 aromatic rings. The number of hydrogen-bond donors (Lipinski definition) is 1. The molecule has 2 nitrogen and oxygen atoms in total. The first kappa shape index (κ1) is 11.0. The Morgan fingerprint density at radius 1 is 0.688 bits per heavy atom. The van der Waals surface area contributed by atoms with Gasteiger partial charge in [0.2, 0.25) is 0 Å².